The molecule has 2 amide bonds. The predicted molar refractivity (Wildman–Crippen MR) is 98.2 cm³/mol. The second-order valence-corrected chi connectivity index (χ2v) is 7.90. The Hall–Kier alpha value is -0.810. The molecule has 0 saturated carbocycles. The van der Waals surface area contributed by atoms with Crippen molar-refractivity contribution in [3.63, 3.8) is 0 Å². The van der Waals surface area contributed by atoms with E-state index in [1.54, 1.807) is 0 Å². The van der Waals surface area contributed by atoms with Gasteiger partial charge in [-0.3, -0.25) is 4.90 Å². The van der Waals surface area contributed by atoms with E-state index in [0.717, 1.165) is 58.1 Å². The van der Waals surface area contributed by atoms with E-state index >= 15 is 0 Å². The lowest BCUT2D eigenvalue weighted by Gasteiger charge is -2.34. The molecule has 0 aliphatic carbocycles. The Bertz CT molecular complexity index is 376. The highest BCUT2D eigenvalue weighted by Crippen LogP contribution is 2.21. The van der Waals surface area contributed by atoms with Gasteiger partial charge in [0.1, 0.15) is 0 Å². The fraction of sp³-hybridized carbons (Fsp3) is 0.947. The molecule has 140 valence electrons. The molecule has 2 fully saturated rings. The first-order valence-electron chi connectivity index (χ1n) is 9.95. The second kappa shape index (κ2) is 10.2. The summed E-state index contributed by atoms with van der Waals surface area (Å²) in [5.41, 5.74) is 0. The summed E-state index contributed by atoms with van der Waals surface area (Å²) in [4.78, 5) is 16.9. The molecule has 5 heteroatoms. The van der Waals surface area contributed by atoms with Gasteiger partial charge in [0.05, 0.1) is 12.7 Å². The maximum Gasteiger partial charge on any atom is 0.317 e. The third-order valence-electron chi connectivity index (χ3n) is 5.16. The highest BCUT2D eigenvalue weighted by Gasteiger charge is 2.24. The molecule has 0 radical (unpaired) electrons. The molecule has 0 bridgehead atoms. The lowest BCUT2D eigenvalue weighted by Crippen LogP contribution is -2.50. The minimum Gasteiger partial charge on any atom is -0.374 e. The van der Waals surface area contributed by atoms with Gasteiger partial charge in [-0.2, -0.15) is 0 Å². The normalized spacial score (nSPS) is 26.4. The van der Waals surface area contributed by atoms with Gasteiger partial charge in [0, 0.05) is 39.3 Å². The minimum atomic E-state index is 0.0942. The Labute approximate surface area is 148 Å². The van der Waals surface area contributed by atoms with Crippen LogP contribution < -0.4 is 5.32 Å². The topological polar surface area (TPSA) is 44.8 Å². The molecule has 24 heavy (non-hydrogen) atoms. The number of rotatable bonds is 6. The van der Waals surface area contributed by atoms with Gasteiger partial charge in [-0.05, 0) is 31.1 Å². The van der Waals surface area contributed by atoms with Crippen molar-refractivity contribution in [2.45, 2.75) is 59.0 Å². The zero-order chi connectivity index (χ0) is 17.4. The zero-order valence-electron chi connectivity index (χ0n) is 15.9. The molecular weight excluding hydrogens is 302 g/mol. The van der Waals surface area contributed by atoms with Crippen LogP contribution in [0.2, 0.25) is 0 Å². The van der Waals surface area contributed by atoms with E-state index in [9.17, 15) is 4.79 Å². The van der Waals surface area contributed by atoms with Crippen LogP contribution in [0, 0.1) is 11.8 Å². The average molecular weight is 340 g/mol. The molecule has 1 N–H and O–H groups in total. The van der Waals surface area contributed by atoms with Crippen LogP contribution in [0.25, 0.3) is 0 Å². The third kappa shape index (κ3) is 6.60. The molecule has 2 unspecified atom stereocenters. The van der Waals surface area contributed by atoms with Gasteiger partial charge in [0.2, 0.25) is 0 Å². The van der Waals surface area contributed by atoms with Gasteiger partial charge in [0.25, 0.3) is 0 Å². The molecule has 2 heterocycles. The largest absolute Gasteiger partial charge is 0.374 e. The van der Waals surface area contributed by atoms with E-state index in [1.165, 1.54) is 19.3 Å². The predicted octanol–water partition coefficient (Wildman–Crippen LogP) is 2.96. The van der Waals surface area contributed by atoms with Crippen LogP contribution in [0.15, 0.2) is 0 Å². The maximum atomic E-state index is 12.5. The first-order chi connectivity index (χ1) is 11.6. The van der Waals surface area contributed by atoms with Crippen molar-refractivity contribution in [3.05, 3.63) is 0 Å². The monoisotopic (exact) mass is 339 g/mol. The lowest BCUT2D eigenvalue weighted by molar-refractivity contribution is -0.0294. The van der Waals surface area contributed by atoms with Crippen LogP contribution in [0.4, 0.5) is 4.79 Å². The first kappa shape index (κ1) is 19.5. The standard InChI is InChI=1S/C19H37N3O2/c1-4-6-17-7-5-9-22(10-8-17)19(23)20-13-18-15-21(11-12-24-18)14-16(2)3/h16-18H,4-15H2,1-3H3,(H,20,23). The van der Waals surface area contributed by atoms with Crippen LogP contribution in [0.5, 0.6) is 0 Å². The van der Waals surface area contributed by atoms with E-state index in [4.69, 9.17) is 4.74 Å². The molecule has 2 rings (SSSR count). The average Bonchev–Trinajstić information content (AvgIpc) is 2.78. The highest BCUT2D eigenvalue weighted by atomic mass is 16.5. The summed E-state index contributed by atoms with van der Waals surface area (Å²) in [7, 11) is 0. The van der Waals surface area contributed by atoms with Crippen molar-refractivity contribution in [3.8, 4) is 0 Å². The molecule has 2 aliphatic heterocycles. The Kier molecular flexibility index (Phi) is 8.33. The first-order valence-corrected chi connectivity index (χ1v) is 9.95. The molecule has 2 atom stereocenters. The van der Waals surface area contributed by atoms with E-state index < -0.39 is 0 Å². The number of morpholine rings is 1. The van der Waals surface area contributed by atoms with E-state index in [2.05, 4.69) is 31.0 Å². The smallest absolute Gasteiger partial charge is 0.317 e. The van der Waals surface area contributed by atoms with Crippen molar-refractivity contribution in [1.82, 2.24) is 15.1 Å². The quantitative estimate of drug-likeness (QED) is 0.809. The number of amides is 2. The number of nitrogens with zero attached hydrogens (tertiary/aromatic N) is 2. The summed E-state index contributed by atoms with van der Waals surface area (Å²) < 4.78 is 5.83. The van der Waals surface area contributed by atoms with Crippen LogP contribution in [-0.2, 0) is 4.74 Å². The minimum absolute atomic E-state index is 0.0942. The number of ether oxygens (including phenoxy) is 1. The van der Waals surface area contributed by atoms with Crippen molar-refractivity contribution in [2.75, 3.05) is 45.9 Å². The fourth-order valence-electron chi connectivity index (χ4n) is 3.96. The number of urea groups is 1. The van der Waals surface area contributed by atoms with E-state index in [0.29, 0.717) is 12.5 Å². The maximum absolute atomic E-state index is 12.5. The number of likely N-dealkylation sites (tertiary alicyclic amines) is 1. The van der Waals surface area contributed by atoms with Gasteiger partial charge in [-0.1, -0.05) is 33.6 Å². The summed E-state index contributed by atoms with van der Waals surface area (Å²) >= 11 is 0. The Balaban J connectivity index is 1.70. The summed E-state index contributed by atoms with van der Waals surface area (Å²) in [5, 5.41) is 3.11. The Morgan fingerprint density at radius 3 is 2.83 bits per heavy atom. The van der Waals surface area contributed by atoms with E-state index in [-0.39, 0.29) is 12.1 Å². The molecule has 2 aliphatic rings. The number of hydrogen-bond acceptors (Lipinski definition) is 3. The number of hydrogen-bond donors (Lipinski definition) is 1. The fourth-order valence-corrected chi connectivity index (χ4v) is 3.96. The van der Waals surface area contributed by atoms with Gasteiger partial charge >= 0.3 is 6.03 Å². The van der Waals surface area contributed by atoms with Crippen LogP contribution in [-0.4, -0.2) is 67.8 Å². The Morgan fingerprint density at radius 2 is 2.08 bits per heavy atom. The molecular formula is C19H37N3O2. The summed E-state index contributed by atoms with van der Waals surface area (Å²) in [6.45, 7) is 13.0. The Morgan fingerprint density at radius 1 is 1.25 bits per heavy atom. The zero-order valence-corrected chi connectivity index (χ0v) is 15.9. The lowest BCUT2D eigenvalue weighted by atomic mass is 9.96. The van der Waals surface area contributed by atoms with Crippen molar-refractivity contribution < 1.29 is 9.53 Å². The van der Waals surface area contributed by atoms with Crippen molar-refractivity contribution in [2.24, 2.45) is 11.8 Å². The number of carbonyl (C=O) groups excluding carboxylic acids is 1. The molecule has 5 nitrogen and oxygen atoms in total. The summed E-state index contributed by atoms with van der Waals surface area (Å²) in [5.74, 6) is 1.48. The molecule has 0 aromatic carbocycles. The molecule has 0 aromatic rings. The summed E-state index contributed by atoms with van der Waals surface area (Å²) in [6, 6.07) is 0.0942. The van der Waals surface area contributed by atoms with Crippen molar-refractivity contribution >= 4 is 6.03 Å². The van der Waals surface area contributed by atoms with E-state index in [1.807, 2.05) is 4.90 Å². The highest BCUT2D eigenvalue weighted by molar-refractivity contribution is 5.74. The van der Waals surface area contributed by atoms with Gasteiger partial charge in [-0.15, -0.1) is 0 Å². The van der Waals surface area contributed by atoms with Gasteiger partial charge in [0.15, 0.2) is 0 Å². The number of nitrogens with one attached hydrogen (secondary N) is 1. The molecule has 2 saturated heterocycles. The van der Waals surface area contributed by atoms with Crippen molar-refractivity contribution in [1.29, 1.82) is 0 Å². The van der Waals surface area contributed by atoms with Crippen LogP contribution >= 0.6 is 0 Å². The summed E-state index contributed by atoms with van der Waals surface area (Å²) in [6.07, 6.45) is 6.25. The van der Waals surface area contributed by atoms with Gasteiger partial charge in [-0.25, -0.2) is 4.79 Å². The van der Waals surface area contributed by atoms with Gasteiger partial charge < -0.3 is 15.0 Å². The SMILES string of the molecule is CCCC1CCCN(C(=O)NCC2CN(CC(C)C)CCO2)CC1. The molecule has 0 aromatic heterocycles. The van der Waals surface area contributed by atoms with Crippen LogP contribution in [0.3, 0.4) is 0 Å². The van der Waals surface area contributed by atoms with Crippen LogP contribution in [0.1, 0.15) is 52.9 Å². The molecule has 0 spiro atoms. The number of carbonyl (C=O) groups is 1. The second-order valence-electron chi connectivity index (χ2n) is 7.90. The third-order valence-corrected chi connectivity index (χ3v) is 5.16.